The minimum Gasteiger partial charge on any atom is -0.484 e. The van der Waals surface area contributed by atoms with Gasteiger partial charge in [0.2, 0.25) is 0 Å². The zero-order chi connectivity index (χ0) is 14.8. The molecule has 0 radical (unpaired) electrons. The van der Waals surface area contributed by atoms with E-state index in [-0.39, 0.29) is 12.5 Å². The summed E-state index contributed by atoms with van der Waals surface area (Å²) in [4.78, 5) is 11.3. The second-order valence-corrected chi connectivity index (χ2v) is 4.88. The summed E-state index contributed by atoms with van der Waals surface area (Å²) < 4.78 is 5.42. The zero-order valence-electron chi connectivity index (χ0n) is 12.7. The lowest BCUT2D eigenvalue weighted by atomic mass is 10.1. The highest BCUT2D eigenvalue weighted by Gasteiger charge is 2.03. The second-order valence-electron chi connectivity index (χ2n) is 4.88. The Morgan fingerprint density at radius 2 is 1.90 bits per heavy atom. The molecule has 4 nitrogen and oxygen atoms in total. The van der Waals surface area contributed by atoms with Crippen molar-refractivity contribution in [1.29, 1.82) is 0 Å². The van der Waals surface area contributed by atoms with Crippen molar-refractivity contribution >= 4 is 5.91 Å². The van der Waals surface area contributed by atoms with Crippen molar-refractivity contribution in [2.45, 2.75) is 39.7 Å². The van der Waals surface area contributed by atoms with Crippen molar-refractivity contribution in [1.82, 2.24) is 10.6 Å². The molecule has 1 aromatic rings. The van der Waals surface area contributed by atoms with Gasteiger partial charge < -0.3 is 15.4 Å². The topological polar surface area (TPSA) is 50.4 Å². The number of likely N-dealkylation sites (N-methyl/N-ethyl adjacent to an activating group) is 1. The van der Waals surface area contributed by atoms with Crippen molar-refractivity contribution in [2.24, 2.45) is 0 Å². The number of aryl methyl sites for hydroxylation is 1. The maximum Gasteiger partial charge on any atom is 0.257 e. The summed E-state index contributed by atoms with van der Waals surface area (Å²) >= 11 is 0. The molecule has 0 heterocycles. The number of rotatable bonds is 9. The molecule has 0 saturated carbocycles. The van der Waals surface area contributed by atoms with Crippen LogP contribution in [0.1, 0.15) is 32.8 Å². The third-order valence-corrected chi connectivity index (χ3v) is 3.09. The predicted octanol–water partition coefficient (Wildman–Crippen LogP) is 2.13. The Hall–Kier alpha value is -1.55. The van der Waals surface area contributed by atoms with Crippen LogP contribution in [0.4, 0.5) is 0 Å². The average molecular weight is 278 g/mol. The molecule has 1 atom stereocenters. The Morgan fingerprint density at radius 3 is 2.50 bits per heavy atom. The van der Waals surface area contributed by atoms with Crippen LogP contribution in [0.3, 0.4) is 0 Å². The van der Waals surface area contributed by atoms with Crippen molar-refractivity contribution in [3.05, 3.63) is 29.8 Å². The lowest BCUT2D eigenvalue weighted by molar-refractivity contribution is -0.122. The fraction of sp³-hybridized carbons (Fsp3) is 0.562. The maximum absolute atomic E-state index is 11.3. The zero-order valence-corrected chi connectivity index (χ0v) is 12.7. The van der Waals surface area contributed by atoms with Crippen molar-refractivity contribution in [2.75, 3.05) is 19.7 Å². The minimum absolute atomic E-state index is 0.0740. The quantitative estimate of drug-likeness (QED) is 0.727. The van der Waals surface area contributed by atoms with Gasteiger partial charge in [-0.25, -0.2) is 0 Å². The van der Waals surface area contributed by atoms with Crippen LogP contribution < -0.4 is 15.4 Å². The first-order chi connectivity index (χ1) is 9.65. The molecule has 0 aliphatic carbocycles. The van der Waals surface area contributed by atoms with Gasteiger partial charge in [0.25, 0.3) is 5.91 Å². The molecule has 0 aromatic heterocycles. The van der Waals surface area contributed by atoms with Gasteiger partial charge >= 0.3 is 0 Å². The maximum atomic E-state index is 11.3. The number of hydrogen-bond donors (Lipinski definition) is 2. The molecule has 1 amide bonds. The lowest BCUT2D eigenvalue weighted by Crippen LogP contribution is -2.28. The number of carbonyl (C=O) groups excluding carboxylic acids is 1. The molecule has 112 valence electrons. The van der Waals surface area contributed by atoms with E-state index >= 15 is 0 Å². The molecule has 1 rings (SSSR count). The summed E-state index contributed by atoms with van der Waals surface area (Å²) in [7, 11) is 0. The SMILES string of the molecule is CCNC(=O)COc1ccc(CCC(C)NCC)cc1. The van der Waals surface area contributed by atoms with Crippen molar-refractivity contribution in [3.8, 4) is 5.75 Å². The smallest absolute Gasteiger partial charge is 0.257 e. The second kappa shape index (κ2) is 9.37. The van der Waals surface area contributed by atoms with E-state index < -0.39 is 0 Å². The first kappa shape index (κ1) is 16.5. The largest absolute Gasteiger partial charge is 0.484 e. The number of nitrogens with one attached hydrogen (secondary N) is 2. The van der Waals surface area contributed by atoms with Gasteiger partial charge in [0.15, 0.2) is 6.61 Å². The number of ether oxygens (including phenoxy) is 1. The summed E-state index contributed by atoms with van der Waals surface area (Å²) in [5.41, 5.74) is 1.29. The van der Waals surface area contributed by atoms with Gasteiger partial charge in [-0.2, -0.15) is 0 Å². The minimum atomic E-state index is -0.0870. The molecule has 0 spiro atoms. The lowest BCUT2D eigenvalue weighted by Gasteiger charge is -2.12. The van der Waals surface area contributed by atoms with E-state index in [1.807, 2.05) is 19.1 Å². The molecular formula is C16H26N2O2. The van der Waals surface area contributed by atoms with E-state index in [0.717, 1.165) is 25.1 Å². The monoisotopic (exact) mass is 278 g/mol. The normalized spacial score (nSPS) is 11.9. The van der Waals surface area contributed by atoms with Crippen LogP contribution in [-0.2, 0) is 11.2 Å². The van der Waals surface area contributed by atoms with Crippen LogP contribution >= 0.6 is 0 Å². The fourth-order valence-corrected chi connectivity index (χ4v) is 1.98. The van der Waals surface area contributed by atoms with Gasteiger partial charge in [-0.3, -0.25) is 4.79 Å². The highest BCUT2D eigenvalue weighted by Crippen LogP contribution is 2.13. The number of hydrogen-bond acceptors (Lipinski definition) is 3. The van der Waals surface area contributed by atoms with E-state index in [9.17, 15) is 4.79 Å². The molecular weight excluding hydrogens is 252 g/mol. The van der Waals surface area contributed by atoms with E-state index in [4.69, 9.17) is 4.74 Å². The van der Waals surface area contributed by atoms with Crippen LogP contribution in [-0.4, -0.2) is 31.6 Å². The Kier molecular flexibility index (Phi) is 7.73. The average Bonchev–Trinajstić information content (AvgIpc) is 2.45. The van der Waals surface area contributed by atoms with E-state index in [1.165, 1.54) is 5.56 Å². The van der Waals surface area contributed by atoms with E-state index in [2.05, 4.69) is 36.6 Å². The Balaban J connectivity index is 2.34. The highest BCUT2D eigenvalue weighted by molar-refractivity contribution is 5.77. The third kappa shape index (κ3) is 6.57. The summed E-state index contributed by atoms with van der Waals surface area (Å²) in [5.74, 6) is 0.649. The molecule has 0 saturated heterocycles. The highest BCUT2D eigenvalue weighted by atomic mass is 16.5. The van der Waals surface area contributed by atoms with Crippen LogP contribution in [0, 0.1) is 0 Å². The Bertz CT molecular complexity index is 390. The molecule has 0 aliphatic rings. The van der Waals surface area contributed by atoms with Crippen molar-refractivity contribution in [3.63, 3.8) is 0 Å². The number of carbonyl (C=O) groups is 1. The molecule has 4 heteroatoms. The van der Waals surface area contributed by atoms with Crippen LogP contribution in [0.25, 0.3) is 0 Å². The van der Waals surface area contributed by atoms with Gasteiger partial charge in [-0.15, -0.1) is 0 Å². The molecule has 0 bridgehead atoms. The Labute approximate surface area is 121 Å². The molecule has 0 aliphatic heterocycles. The third-order valence-electron chi connectivity index (χ3n) is 3.09. The Morgan fingerprint density at radius 1 is 1.20 bits per heavy atom. The summed E-state index contributed by atoms with van der Waals surface area (Å²) in [6.07, 6.45) is 2.16. The summed E-state index contributed by atoms with van der Waals surface area (Å²) in [5, 5.41) is 6.10. The first-order valence-corrected chi connectivity index (χ1v) is 7.37. The summed E-state index contributed by atoms with van der Waals surface area (Å²) in [6, 6.07) is 8.50. The van der Waals surface area contributed by atoms with Crippen LogP contribution in [0.5, 0.6) is 5.75 Å². The number of benzene rings is 1. The van der Waals surface area contributed by atoms with Crippen LogP contribution in [0.2, 0.25) is 0 Å². The van der Waals surface area contributed by atoms with Gasteiger partial charge in [0.05, 0.1) is 0 Å². The van der Waals surface area contributed by atoms with Gasteiger partial charge in [-0.05, 0) is 50.9 Å². The van der Waals surface area contributed by atoms with E-state index in [1.54, 1.807) is 0 Å². The predicted molar refractivity (Wildman–Crippen MR) is 82.1 cm³/mol. The van der Waals surface area contributed by atoms with Gasteiger partial charge in [0.1, 0.15) is 5.75 Å². The first-order valence-electron chi connectivity index (χ1n) is 7.37. The molecule has 20 heavy (non-hydrogen) atoms. The fourth-order valence-electron chi connectivity index (χ4n) is 1.98. The molecule has 1 aromatic carbocycles. The molecule has 1 unspecified atom stereocenters. The van der Waals surface area contributed by atoms with E-state index in [0.29, 0.717) is 12.6 Å². The number of amides is 1. The molecule has 2 N–H and O–H groups in total. The van der Waals surface area contributed by atoms with Crippen LogP contribution in [0.15, 0.2) is 24.3 Å². The summed E-state index contributed by atoms with van der Waals surface area (Å²) in [6.45, 7) is 7.93. The van der Waals surface area contributed by atoms with Crippen molar-refractivity contribution < 1.29 is 9.53 Å². The van der Waals surface area contributed by atoms with Gasteiger partial charge in [-0.1, -0.05) is 19.1 Å². The molecule has 0 fully saturated rings. The van der Waals surface area contributed by atoms with Gasteiger partial charge in [0, 0.05) is 12.6 Å². The standard InChI is InChI=1S/C16H26N2O2/c1-4-17-13(3)6-7-14-8-10-15(11-9-14)20-12-16(19)18-5-2/h8-11,13,17H,4-7,12H2,1-3H3,(H,18,19).